The third-order valence-corrected chi connectivity index (χ3v) is 4.10. The zero-order chi connectivity index (χ0) is 20.4. The molecule has 1 rings (SSSR count). The number of amides is 2. The van der Waals surface area contributed by atoms with Crippen LogP contribution < -0.4 is 16.0 Å². The van der Waals surface area contributed by atoms with Crippen LogP contribution in [0, 0.1) is 5.92 Å². The molecule has 0 aromatic heterocycles. The molecule has 150 valence electrons. The van der Waals surface area contributed by atoms with Gasteiger partial charge in [0.15, 0.2) is 0 Å². The Labute approximate surface area is 160 Å². The largest absolute Gasteiger partial charge is 0.480 e. The number of carbonyl (C=O) groups is 3. The monoisotopic (exact) mass is 377 g/mol. The van der Waals surface area contributed by atoms with Gasteiger partial charge in [-0.15, -0.1) is 0 Å². The van der Waals surface area contributed by atoms with Gasteiger partial charge in [0.2, 0.25) is 11.8 Å². The minimum absolute atomic E-state index is 0.201. The summed E-state index contributed by atoms with van der Waals surface area (Å²) in [5, 5.41) is 17.5. The highest BCUT2D eigenvalue weighted by molar-refractivity contribution is 5.97. The fourth-order valence-electron chi connectivity index (χ4n) is 2.68. The Kier molecular flexibility index (Phi) is 9.50. The number of carboxylic acids is 1. The SMILES string of the molecule is CCC[C@H](NC(C)C(=O)O)C(=O)N[C@@H](CC(C)C)C(=O)Nc1ccccc1. The van der Waals surface area contributed by atoms with Crippen molar-refractivity contribution < 1.29 is 19.5 Å². The average Bonchev–Trinajstić information content (AvgIpc) is 2.60. The van der Waals surface area contributed by atoms with Gasteiger partial charge >= 0.3 is 5.97 Å². The number of rotatable bonds is 11. The molecule has 1 unspecified atom stereocenters. The predicted molar refractivity (Wildman–Crippen MR) is 105 cm³/mol. The van der Waals surface area contributed by atoms with E-state index >= 15 is 0 Å². The first-order valence-electron chi connectivity index (χ1n) is 9.39. The zero-order valence-electron chi connectivity index (χ0n) is 16.5. The van der Waals surface area contributed by atoms with E-state index < -0.39 is 24.1 Å². The van der Waals surface area contributed by atoms with Crippen LogP contribution in [0.3, 0.4) is 0 Å². The molecule has 0 fully saturated rings. The van der Waals surface area contributed by atoms with Crippen molar-refractivity contribution in [2.24, 2.45) is 5.92 Å². The van der Waals surface area contributed by atoms with E-state index in [-0.39, 0.29) is 17.7 Å². The number of hydrogen-bond acceptors (Lipinski definition) is 4. The van der Waals surface area contributed by atoms with Crippen LogP contribution >= 0.6 is 0 Å². The Bertz CT molecular complexity index is 619. The molecule has 0 saturated carbocycles. The van der Waals surface area contributed by atoms with Crippen LogP contribution in [0.5, 0.6) is 0 Å². The van der Waals surface area contributed by atoms with E-state index in [1.807, 2.05) is 39.0 Å². The van der Waals surface area contributed by atoms with Gasteiger partial charge in [-0.25, -0.2) is 0 Å². The van der Waals surface area contributed by atoms with Crippen molar-refractivity contribution in [2.75, 3.05) is 5.32 Å². The number of para-hydroxylation sites is 1. The number of hydrogen-bond donors (Lipinski definition) is 4. The smallest absolute Gasteiger partial charge is 0.320 e. The molecular formula is C20H31N3O4. The lowest BCUT2D eigenvalue weighted by molar-refractivity contribution is -0.139. The first-order valence-corrected chi connectivity index (χ1v) is 9.39. The van der Waals surface area contributed by atoms with E-state index in [1.54, 1.807) is 12.1 Å². The molecule has 0 saturated heterocycles. The summed E-state index contributed by atoms with van der Waals surface area (Å²) >= 11 is 0. The second-order valence-corrected chi connectivity index (χ2v) is 7.11. The van der Waals surface area contributed by atoms with E-state index in [9.17, 15) is 14.4 Å². The maximum atomic E-state index is 12.7. The van der Waals surface area contributed by atoms with Gasteiger partial charge in [0.1, 0.15) is 12.1 Å². The Morgan fingerprint density at radius 3 is 2.15 bits per heavy atom. The van der Waals surface area contributed by atoms with Crippen molar-refractivity contribution >= 4 is 23.5 Å². The minimum Gasteiger partial charge on any atom is -0.480 e. The van der Waals surface area contributed by atoms with Gasteiger partial charge in [-0.3, -0.25) is 19.7 Å². The van der Waals surface area contributed by atoms with Crippen molar-refractivity contribution in [3.05, 3.63) is 30.3 Å². The fourth-order valence-corrected chi connectivity index (χ4v) is 2.68. The van der Waals surface area contributed by atoms with Crippen molar-refractivity contribution in [1.29, 1.82) is 0 Å². The molecule has 0 radical (unpaired) electrons. The molecule has 3 atom stereocenters. The molecule has 0 aliphatic carbocycles. The van der Waals surface area contributed by atoms with Gasteiger partial charge in [0.25, 0.3) is 0 Å². The summed E-state index contributed by atoms with van der Waals surface area (Å²) in [4.78, 5) is 36.4. The molecule has 0 bridgehead atoms. The van der Waals surface area contributed by atoms with Crippen LogP contribution in [-0.2, 0) is 14.4 Å². The lowest BCUT2D eigenvalue weighted by Gasteiger charge is -2.25. The molecular weight excluding hydrogens is 346 g/mol. The average molecular weight is 377 g/mol. The van der Waals surface area contributed by atoms with Crippen LogP contribution in [0.1, 0.15) is 47.0 Å². The van der Waals surface area contributed by atoms with Crippen LogP contribution in [-0.4, -0.2) is 41.0 Å². The van der Waals surface area contributed by atoms with Crippen molar-refractivity contribution in [2.45, 2.75) is 65.1 Å². The van der Waals surface area contributed by atoms with E-state index in [2.05, 4.69) is 16.0 Å². The third kappa shape index (κ3) is 8.21. The predicted octanol–water partition coefficient (Wildman–Crippen LogP) is 2.39. The number of anilines is 1. The molecule has 1 aromatic rings. The molecule has 2 amide bonds. The lowest BCUT2D eigenvalue weighted by atomic mass is 10.0. The first-order chi connectivity index (χ1) is 12.7. The van der Waals surface area contributed by atoms with Crippen LogP contribution in [0.4, 0.5) is 5.69 Å². The van der Waals surface area contributed by atoms with Crippen LogP contribution in [0.2, 0.25) is 0 Å². The van der Waals surface area contributed by atoms with Gasteiger partial charge in [-0.05, 0) is 37.8 Å². The minimum atomic E-state index is -1.02. The fraction of sp³-hybridized carbons (Fsp3) is 0.550. The molecule has 0 spiro atoms. The van der Waals surface area contributed by atoms with E-state index in [4.69, 9.17) is 5.11 Å². The third-order valence-electron chi connectivity index (χ3n) is 4.10. The number of nitrogens with one attached hydrogen (secondary N) is 3. The summed E-state index contributed by atoms with van der Waals surface area (Å²) in [5.41, 5.74) is 0.660. The number of aliphatic carboxylic acids is 1. The standard InChI is InChI=1S/C20H31N3O4/c1-5-9-16(21-14(4)20(26)27)18(24)23-17(12-13(2)3)19(25)22-15-10-7-6-8-11-15/h6-8,10-11,13-14,16-17,21H,5,9,12H2,1-4H3,(H,22,25)(H,23,24)(H,26,27)/t14?,16-,17-/m0/s1. The maximum absolute atomic E-state index is 12.7. The number of carbonyl (C=O) groups excluding carboxylic acids is 2. The molecule has 27 heavy (non-hydrogen) atoms. The van der Waals surface area contributed by atoms with Gasteiger partial charge in [0.05, 0.1) is 6.04 Å². The molecule has 4 N–H and O–H groups in total. The highest BCUT2D eigenvalue weighted by Gasteiger charge is 2.27. The van der Waals surface area contributed by atoms with Crippen LogP contribution in [0.15, 0.2) is 30.3 Å². The summed E-state index contributed by atoms with van der Waals surface area (Å²) in [6.07, 6.45) is 1.68. The Balaban J connectivity index is 2.84. The van der Waals surface area contributed by atoms with Gasteiger partial charge in [0, 0.05) is 5.69 Å². The van der Waals surface area contributed by atoms with E-state index in [0.29, 0.717) is 24.9 Å². The lowest BCUT2D eigenvalue weighted by Crippen LogP contribution is -2.54. The molecule has 0 heterocycles. The van der Waals surface area contributed by atoms with Gasteiger partial charge < -0.3 is 15.7 Å². The maximum Gasteiger partial charge on any atom is 0.320 e. The zero-order valence-corrected chi connectivity index (χ0v) is 16.5. The van der Waals surface area contributed by atoms with Gasteiger partial charge in [-0.1, -0.05) is 45.4 Å². The Hall–Kier alpha value is -2.41. The second kappa shape index (κ2) is 11.3. The highest BCUT2D eigenvalue weighted by atomic mass is 16.4. The van der Waals surface area contributed by atoms with E-state index in [0.717, 1.165) is 0 Å². The summed E-state index contributed by atoms with van der Waals surface area (Å²) in [5.74, 6) is -1.47. The summed E-state index contributed by atoms with van der Waals surface area (Å²) < 4.78 is 0. The van der Waals surface area contributed by atoms with Crippen molar-refractivity contribution in [3.8, 4) is 0 Å². The highest BCUT2D eigenvalue weighted by Crippen LogP contribution is 2.11. The molecule has 0 aliphatic rings. The Morgan fingerprint density at radius 2 is 1.63 bits per heavy atom. The molecule has 1 aromatic carbocycles. The molecule has 7 heteroatoms. The summed E-state index contributed by atoms with van der Waals surface area (Å²) in [7, 11) is 0. The van der Waals surface area contributed by atoms with Gasteiger partial charge in [-0.2, -0.15) is 0 Å². The first kappa shape index (κ1) is 22.6. The van der Waals surface area contributed by atoms with Crippen molar-refractivity contribution in [1.82, 2.24) is 10.6 Å². The van der Waals surface area contributed by atoms with Crippen LogP contribution in [0.25, 0.3) is 0 Å². The second-order valence-electron chi connectivity index (χ2n) is 7.11. The Morgan fingerprint density at radius 1 is 1.00 bits per heavy atom. The van der Waals surface area contributed by atoms with Crippen molar-refractivity contribution in [3.63, 3.8) is 0 Å². The van der Waals surface area contributed by atoms with E-state index in [1.165, 1.54) is 6.92 Å². The summed E-state index contributed by atoms with van der Waals surface area (Å²) in [6, 6.07) is 6.84. The molecule has 7 nitrogen and oxygen atoms in total. The normalized spacial score (nSPS) is 14.3. The summed E-state index contributed by atoms with van der Waals surface area (Å²) in [6.45, 7) is 7.36. The number of benzene rings is 1. The quantitative estimate of drug-likeness (QED) is 0.474. The number of carboxylic acid groups (broad SMARTS) is 1. The topological polar surface area (TPSA) is 108 Å². The molecule has 0 aliphatic heterocycles.